The highest BCUT2D eigenvalue weighted by molar-refractivity contribution is 7.17. The van der Waals surface area contributed by atoms with Crippen LogP contribution in [0.1, 0.15) is 27.9 Å². The molecule has 0 aliphatic carbocycles. The van der Waals surface area contributed by atoms with Crippen molar-refractivity contribution < 1.29 is 14.7 Å². The van der Waals surface area contributed by atoms with Crippen LogP contribution in [0.2, 0.25) is 0 Å². The number of aromatic nitrogens is 2. The number of carboxylic acids is 1. The van der Waals surface area contributed by atoms with E-state index in [0.29, 0.717) is 13.1 Å². The van der Waals surface area contributed by atoms with Crippen LogP contribution in [0, 0.1) is 0 Å². The monoisotopic (exact) mass is 277 g/mol. The van der Waals surface area contributed by atoms with Gasteiger partial charge in [-0.2, -0.15) is 5.10 Å². The number of thiophene rings is 1. The minimum Gasteiger partial charge on any atom is -0.477 e. The molecule has 1 aliphatic rings. The van der Waals surface area contributed by atoms with Crippen LogP contribution in [0.25, 0.3) is 10.6 Å². The fourth-order valence-corrected chi connectivity index (χ4v) is 3.01. The van der Waals surface area contributed by atoms with E-state index >= 15 is 0 Å². The highest BCUT2D eigenvalue weighted by atomic mass is 32.1. The number of carbonyl (C=O) groups is 2. The molecule has 0 radical (unpaired) electrons. The lowest BCUT2D eigenvalue weighted by molar-refractivity contribution is -0.129. The Hall–Kier alpha value is -2.15. The molecule has 3 heterocycles. The Morgan fingerprint density at radius 1 is 1.42 bits per heavy atom. The third kappa shape index (κ3) is 1.91. The van der Waals surface area contributed by atoms with Gasteiger partial charge in [0.05, 0.1) is 23.7 Å². The summed E-state index contributed by atoms with van der Waals surface area (Å²) < 4.78 is 0. The Labute approximate surface area is 112 Å². The van der Waals surface area contributed by atoms with Crippen molar-refractivity contribution in [2.45, 2.75) is 20.0 Å². The van der Waals surface area contributed by atoms with E-state index in [2.05, 4.69) is 10.2 Å². The second-order valence-electron chi connectivity index (χ2n) is 4.37. The van der Waals surface area contributed by atoms with E-state index in [1.54, 1.807) is 17.0 Å². The van der Waals surface area contributed by atoms with Crippen molar-refractivity contribution in [2.24, 2.45) is 0 Å². The van der Waals surface area contributed by atoms with E-state index in [0.717, 1.165) is 21.8 Å². The predicted octanol–water partition coefficient (Wildman–Crippen LogP) is 1.70. The van der Waals surface area contributed by atoms with E-state index in [-0.39, 0.29) is 10.8 Å². The Morgan fingerprint density at radius 2 is 2.21 bits per heavy atom. The largest absolute Gasteiger partial charge is 0.477 e. The molecule has 3 rings (SSSR count). The molecule has 0 saturated heterocycles. The van der Waals surface area contributed by atoms with Crippen molar-refractivity contribution in [3.63, 3.8) is 0 Å². The van der Waals surface area contributed by atoms with Crippen LogP contribution >= 0.6 is 11.3 Å². The van der Waals surface area contributed by atoms with E-state index in [1.807, 2.05) is 0 Å². The van der Waals surface area contributed by atoms with Gasteiger partial charge >= 0.3 is 5.97 Å². The second kappa shape index (κ2) is 4.20. The van der Waals surface area contributed by atoms with Gasteiger partial charge < -0.3 is 10.0 Å². The van der Waals surface area contributed by atoms with Crippen LogP contribution in [0.15, 0.2) is 12.1 Å². The number of carbonyl (C=O) groups excluding carboxylic acids is 1. The maximum atomic E-state index is 11.4. The number of aromatic carboxylic acids is 1. The summed E-state index contributed by atoms with van der Waals surface area (Å²) in [5, 5.41) is 16.1. The molecule has 2 aromatic heterocycles. The number of rotatable bonds is 2. The Bertz CT molecular complexity index is 674. The molecule has 0 fully saturated rings. The number of H-pyrrole nitrogens is 1. The zero-order chi connectivity index (χ0) is 13.6. The van der Waals surface area contributed by atoms with Crippen molar-refractivity contribution in [3.8, 4) is 10.6 Å². The van der Waals surface area contributed by atoms with E-state index in [1.165, 1.54) is 18.3 Å². The molecular weight excluding hydrogens is 266 g/mol. The molecule has 0 aromatic carbocycles. The molecule has 2 aromatic rings. The third-order valence-electron chi connectivity index (χ3n) is 3.15. The van der Waals surface area contributed by atoms with Crippen LogP contribution in [-0.4, -0.2) is 32.1 Å². The van der Waals surface area contributed by atoms with Gasteiger partial charge in [-0.25, -0.2) is 4.79 Å². The summed E-state index contributed by atoms with van der Waals surface area (Å²) in [6.07, 6.45) is 0. The standard InChI is InChI=1S/C12H11N3O3S/c1-6(16)15-4-7-8(5-15)13-14-11(7)9-2-3-10(19-9)12(17)18/h2-3H,4-5H2,1H3,(H,13,14)(H,17,18). The number of carboxylic acid groups (broad SMARTS) is 1. The highest BCUT2D eigenvalue weighted by Crippen LogP contribution is 2.34. The van der Waals surface area contributed by atoms with Crippen LogP contribution in [0.5, 0.6) is 0 Å². The molecule has 19 heavy (non-hydrogen) atoms. The smallest absolute Gasteiger partial charge is 0.345 e. The SMILES string of the molecule is CC(=O)N1Cc2[nH]nc(-c3ccc(C(=O)O)s3)c2C1. The van der Waals surface area contributed by atoms with Gasteiger partial charge in [-0.1, -0.05) is 0 Å². The maximum Gasteiger partial charge on any atom is 0.345 e. The van der Waals surface area contributed by atoms with Crippen LogP contribution in [-0.2, 0) is 17.9 Å². The predicted molar refractivity (Wildman–Crippen MR) is 68.8 cm³/mol. The lowest BCUT2D eigenvalue weighted by atomic mass is 10.2. The average Bonchev–Trinajstić information content (AvgIpc) is 3.02. The lowest BCUT2D eigenvalue weighted by Crippen LogP contribution is -2.22. The van der Waals surface area contributed by atoms with Gasteiger partial charge in [-0.15, -0.1) is 11.3 Å². The summed E-state index contributed by atoms with van der Waals surface area (Å²) in [5.41, 5.74) is 2.65. The number of hydrogen-bond donors (Lipinski definition) is 2. The van der Waals surface area contributed by atoms with Gasteiger partial charge in [0, 0.05) is 12.5 Å². The molecule has 6 nitrogen and oxygen atoms in total. The van der Waals surface area contributed by atoms with E-state index in [4.69, 9.17) is 5.11 Å². The first kappa shape index (κ1) is 11.9. The van der Waals surface area contributed by atoms with Crippen LogP contribution in [0.4, 0.5) is 0 Å². The zero-order valence-corrected chi connectivity index (χ0v) is 11.0. The first-order chi connectivity index (χ1) is 9.06. The Morgan fingerprint density at radius 3 is 2.84 bits per heavy atom. The van der Waals surface area contributed by atoms with Crippen LogP contribution < -0.4 is 0 Å². The first-order valence-corrected chi connectivity index (χ1v) is 6.53. The number of nitrogens with one attached hydrogen (secondary N) is 1. The fraction of sp³-hybridized carbons (Fsp3) is 0.250. The van der Waals surface area contributed by atoms with Crippen molar-refractivity contribution in [2.75, 3.05) is 0 Å². The van der Waals surface area contributed by atoms with Crippen LogP contribution in [0.3, 0.4) is 0 Å². The van der Waals surface area contributed by atoms with Gasteiger partial charge in [0.2, 0.25) is 5.91 Å². The zero-order valence-electron chi connectivity index (χ0n) is 10.1. The molecule has 0 atom stereocenters. The van der Waals surface area contributed by atoms with Crippen molar-refractivity contribution in [3.05, 3.63) is 28.3 Å². The third-order valence-corrected chi connectivity index (χ3v) is 4.23. The molecule has 1 aliphatic heterocycles. The van der Waals surface area contributed by atoms with Gasteiger partial charge in [-0.05, 0) is 12.1 Å². The average molecular weight is 277 g/mol. The Kier molecular flexibility index (Phi) is 2.63. The number of nitrogens with zero attached hydrogens (tertiary/aromatic N) is 2. The van der Waals surface area contributed by atoms with Gasteiger partial charge in [-0.3, -0.25) is 9.89 Å². The second-order valence-corrected chi connectivity index (χ2v) is 5.46. The number of hydrogen-bond acceptors (Lipinski definition) is 4. The molecule has 7 heteroatoms. The minimum atomic E-state index is -0.936. The van der Waals surface area contributed by atoms with Crippen molar-refractivity contribution >= 4 is 23.2 Å². The van der Waals surface area contributed by atoms with Gasteiger partial charge in [0.15, 0.2) is 0 Å². The molecular formula is C12H11N3O3S. The van der Waals surface area contributed by atoms with E-state index in [9.17, 15) is 9.59 Å². The topological polar surface area (TPSA) is 86.3 Å². The first-order valence-electron chi connectivity index (χ1n) is 5.71. The maximum absolute atomic E-state index is 11.4. The number of aromatic amines is 1. The molecule has 0 bridgehead atoms. The summed E-state index contributed by atoms with van der Waals surface area (Å²) in [5.74, 6) is -0.915. The van der Waals surface area contributed by atoms with Gasteiger partial charge in [0.1, 0.15) is 10.6 Å². The summed E-state index contributed by atoms with van der Waals surface area (Å²) in [6, 6.07) is 3.32. The summed E-state index contributed by atoms with van der Waals surface area (Å²) in [6.45, 7) is 2.60. The highest BCUT2D eigenvalue weighted by Gasteiger charge is 2.27. The summed E-state index contributed by atoms with van der Waals surface area (Å²) in [7, 11) is 0. The van der Waals surface area contributed by atoms with Gasteiger partial charge in [0.25, 0.3) is 0 Å². The Balaban J connectivity index is 1.96. The summed E-state index contributed by atoms with van der Waals surface area (Å²) >= 11 is 1.19. The molecule has 1 amide bonds. The normalized spacial score (nSPS) is 13.6. The molecule has 0 saturated carbocycles. The molecule has 0 unspecified atom stereocenters. The fourth-order valence-electron chi connectivity index (χ4n) is 2.15. The molecule has 98 valence electrons. The number of amides is 1. The quantitative estimate of drug-likeness (QED) is 0.874. The van der Waals surface area contributed by atoms with Crippen molar-refractivity contribution in [1.29, 1.82) is 0 Å². The minimum absolute atomic E-state index is 0.0213. The lowest BCUT2D eigenvalue weighted by Gasteiger charge is -2.11. The molecule has 0 spiro atoms. The van der Waals surface area contributed by atoms with Crippen molar-refractivity contribution in [1.82, 2.24) is 15.1 Å². The summed E-state index contributed by atoms with van der Waals surface area (Å²) in [4.78, 5) is 25.1. The number of fused-ring (bicyclic) bond motifs is 1. The van der Waals surface area contributed by atoms with E-state index < -0.39 is 5.97 Å². The molecule has 2 N–H and O–H groups in total.